The molecule has 1 aliphatic rings. The van der Waals surface area contributed by atoms with Gasteiger partial charge < -0.3 is 5.32 Å². The second-order valence-electron chi connectivity index (χ2n) is 10.7. The van der Waals surface area contributed by atoms with Crippen LogP contribution in [0.25, 0.3) is 49.7 Å². The topological polar surface area (TPSA) is 29.9 Å². The molecular formula is C38H29N3. The Balaban J connectivity index is 1.28. The third kappa shape index (κ3) is 3.77. The van der Waals surface area contributed by atoms with Gasteiger partial charge in [-0.2, -0.15) is 0 Å². The van der Waals surface area contributed by atoms with E-state index in [9.17, 15) is 0 Å². The maximum absolute atomic E-state index is 4.89. The van der Waals surface area contributed by atoms with Gasteiger partial charge in [-0.3, -0.25) is 4.57 Å². The molecule has 196 valence electrons. The van der Waals surface area contributed by atoms with E-state index in [0.29, 0.717) is 0 Å². The van der Waals surface area contributed by atoms with Gasteiger partial charge in [-0.15, -0.1) is 0 Å². The maximum atomic E-state index is 4.89. The SMILES string of the molecule is CCc1nc2ccccc2n1-c1ccc(C2Nc3ccccc3-c3c(-c4cccc5ccccc45)cccc32)cc1. The summed E-state index contributed by atoms with van der Waals surface area (Å²) in [5, 5.41) is 6.41. The number of aromatic nitrogens is 2. The lowest BCUT2D eigenvalue weighted by Gasteiger charge is -2.32. The average molecular weight is 528 g/mol. The van der Waals surface area contributed by atoms with E-state index in [1.165, 1.54) is 44.2 Å². The Labute approximate surface area is 239 Å². The third-order valence-corrected chi connectivity index (χ3v) is 8.41. The molecule has 41 heavy (non-hydrogen) atoms. The first-order chi connectivity index (χ1) is 20.3. The van der Waals surface area contributed by atoms with Crippen LogP contribution < -0.4 is 5.32 Å². The van der Waals surface area contributed by atoms with Crippen molar-refractivity contribution in [1.82, 2.24) is 9.55 Å². The van der Waals surface area contributed by atoms with Crippen molar-refractivity contribution in [3.05, 3.63) is 150 Å². The summed E-state index contributed by atoms with van der Waals surface area (Å²) in [4.78, 5) is 4.89. The van der Waals surface area contributed by atoms with Crippen LogP contribution in [0.5, 0.6) is 0 Å². The lowest BCUT2D eigenvalue weighted by Crippen LogP contribution is -2.18. The van der Waals surface area contributed by atoms with Gasteiger partial charge in [0.1, 0.15) is 5.82 Å². The van der Waals surface area contributed by atoms with Gasteiger partial charge in [-0.05, 0) is 68.9 Å². The smallest absolute Gasteiger partial charge is 0.114 e. The summed E-state index contributed by atoms with van der Waals surface area (Å²) < 4.78 is 2.29. The van der Waals surface area contributed by atoms with Gasteiger partial charge in [0, 0.05) is 23.4 Å². The molecule has 3 nitrogen and oxygen atoms in total. The van der Waals surface area contributed by atoms with E-state index in [2.05, 4.69) is 150 Å². The summed E-state index contributed by atoms with van der Waals surface area (Å²) >= 11 is 0. The van der Waals surface area contributed by atoms with Crippen LogP contribution in [0.4, 0.5) is 5.69 Å². The molecule has 1 unspecified atom stereocenters. The first kappa shape index (κ1) is 23.7. The highest BCUT2D eigenvalue weighted by Crippen LogP contribution is 2.48. The van der Waals surface area contributed by atoms with Crippen molar-refractivity contribution < 1.29 is 0 Å². The highest BCUT2D eigenvalue weighted by Gasteiger charge is 2.28. The van der Waals surface area contributed by atoms with E-state index in [0.717, 1.165) is 34.7 Å². The number of fused-ring (bicyclic) bond motifs is 5. The minimum Gasteiger partial charge on any atom is -0.374 e. The van der Waals surface area contributed by atoms with E-state index in [4.69, 9.17) is 4.98 Å². The van der Waals surface area contributed by atoms with Gasteiger partial charge in [0.05, 0.1) is 17.1 Å². The molecule has 6 aromatic carbocycles. The summed E-state index contributed by atoms with van der Waals surface area (Å²) in [6.45, 7) is 2.17. The molecule has 0 radical (unpaired) electrons. The molecule has 1 aromatic heterocycles. The van der Waals surface area contributed by atoms with Crippen molar-refractivity contribution in [2.75, 3.05) is 5.32 Å². The standard InChI is InChI=1S/C38H29N3/c1-2-36-39-34-19-7-8-20-35(34)41(36)27-23-21-26(22-24-27)38-32-17-10-16-30(37(32)31-14-5-6-18-33(31)40-38)29-15-9-12-25-11-3-4-13-28(25)29/h3-24,38,40H,2H2,1H3. The number of nitrogens with zero attached hydrogens (tertiary/aromatic N) is 2. The van der Waals surface area contributed by atoms with Crippen LogP contribution in [0.2, 0.25) is 0 Å². The third-order valence-electron chi connectivity index (χ3n) is 8.41. The van der Waals surface area contributed by atoms with E-state index in [1.54, 1.807) is 0 Å². The van der Waals surface area contributed by atoms with Crippen molar-refractivity contribution in [2.45, 2.75) is 19.4 Å². The number of anilines is 1. The van der Waals surface area contributed by atoms with Crippen molar-refractivity contribution in [3.63, 3.8) is 0 Å². The average Bonchev–Trinajstić information content (AvgIpc) is 3.43. The minimum atomic E-state index is 0.0362. The number of imidazole rings is 1. The second-order valence-corrected chi connectivity index (χ2v) is 10.7. The number of rotatable bonds is 4. The molecule has 0 amide bonds. The molecule has 2 heterocycles. The Kier molecular flexibility index (Phi) is 5.49. The van der Waals surface area contributed by atoms with Gasteiger partial charge in [0.2, 0.25) is 0 Å². The summed E-state index contributed by atoms with van der Waals surface area (Å²) in [6, 6.07) is 48.2. The predicted octanol–water partition coefficient (Wildman–Crippen LogP) is 9.59. The van der Waals surface area contributed by atoms with Gasteiger partial charge in [-0.1, -0.05) is 110 Å². The number of nitrogens with one attached hydrogen (secondary N) is 1. The Hall–Kier alpha value is -5.15. The van der Waals surface area contributed by atoms with Crippen LogP contribution in [-0.4, -0.2) is 9.55 Å². The van der Waals surface area contributed by atoms with Gasteiger partial charge in [0.15, 0.2) is 0 Å². The van der Waals surface area contributed by atoms with Crippen LogP contribution in [-0.2, 0) is 6.42 Å². The first-order valence-corrected chi connectivity index (χ1v) is 14.3. The van der Waals surface area contributed by atoms with Crippen molar-refractivity contribution in [1.29, 1.82) is 0 Å². The normalized spacial score (nSPS) is 14.0. The zero-order chi connectivity index (χ0) is 27.3. The van der Waals surface area contributed by atoms with Crippen molar-refractivity contribution in [3.8, 4) is 27.9 Å². The highest BCUT2D eigenvalue weighted by atomic mass is 15.1. The van der Waals surface area contributed by atoms with Gasteiger partial charge in [0.25, 0.3) is 0 Å². The van der Waals surface area contributed by atoms with E-state index in [1.807, 2.05) is 0 Å². The number of para-hydroxylation sites is 3. The Morgan fingerprint density at radius 2 is 1.37 bits per heavy atom. The molecule has 1 N–H and O–H groups in total. The van der Waals surface area contributed by atoms with Crippen molar-refractivity contribution in [2.24, 2.45) is 0 Å². The fourth-order valence-electron chi connectivity index (χ4n) is 6.54. The molecular weight excluding hydrogens is 498 g/mol. The van der Waals surface area contributed by atoms with E-state index in [-0.39, 0.29) is 6.04 Å². The molecule has 7 aromatic rings. The minimum absolute atomic E-state index is 0.0362. The molecule has 0 fully saturated rings. The monoisotopic (exact) mass is 527 g/mol. The highest BCUT2D eigenvalue weighted by molar-refractivity contribution is 6.03. The fraction of sp³-hybridized carbons (Fsp3) is 0.0789. The predicted molar refractivity (Wildman–Crippen MR) is 171 cm³/mol. The molecule has 3 heteroatoms. The summed E-state index contributed by atoms with van der Waals surface area (Å²) in [5.74, 6) is 1.08. The molecule has 8 rings (SSSR count). The molecule has 0 saturated heterocycles. The van der Waals surface area contributed by atoms with E-state index >= 15 is 0 Å². The van der Waals surface area contributed by atoms with Crippen LogP contribution in [0.15, 0.2) is 133 Å². The molecule has 0 saturated carbocycles. The number of hydrogen-bond acceptors (Lipinski definition) is 2. The summed E-state index contributed by atoms with van der Waals surface area (Å²) in [5.41, 5.74) is 12.1. The van der Waals surface area contributed by atoms with Crippen LogP contribution in [0, 0.1) is 0 Å². The molecule has 0 spiro atoms. The summed E-state index contributed by atoms with van der Waals surface area (Å²) in [7, 11) is 0. The lowest BCUT2D eigenvalue weighted by atomic mass is 9.81. The van der Waals surface area contributed by atoms with E-state index < -0.39 is 0 Å². The summed E-state index contributed by atoms with van der Waals surface area (Å²) in [6.07, 6.45) is 0.877. The number of aryl methyl sites for hydroxylation is 1. The Morgan fingerprint density at radius 1 is 0.659 bits per heavy atom. The first-order valence-electron chi connectivity index (χ1n) is 14.3. The zero-order valence-corrected chi connectivity index (χ0v) is 22.9. The quantitative estimate of drug-likeness (QED) is 0.247. The number of benzene rings is 6. The second kappa shape index (κ2) is 9.50. The van der Waals surface area contributed by atoms with Gasteiger partial charge in [-0.25, -0.2) is 4.98 Å². The zero-order valence-electron chi connectivity index (χ0n) is 22.9. The van der Waals surface area contributed by atoms with Crippen molar-refractivity contribution >= 4 is 27.5 Å². The largest absolute Gasteiger partial charge is 0.374 e. The molecule has 1 aliphatic heterocycles. The Bertz CT molecular complexity index is 2060. The fourth-order valence-corrected chi connectivity index (χ4v) is 6.54. The van der Waals surface area contributed by atoms with Crippen LogP contribution >= 0.6 is 0 Å². The molecule has 0 aliphatic carbocycles. The van der Waals surface area contributed by atoms with Gasteiger partial charge >= 0.3 is 0 Å². The maximum Gasteiger partial charge on any atom is 0.114 e. The van der Waals surface area contributed by atoms with Crippen LogP contribution in [0.1, 0.15) is 29.9 Å². The lowest BCUT2D eigenvalue weighted by molar-refractivity contribution is 0.900. The molecule has 1 atom stereocenters. The number of hydrogen-bond donors (Lipinski definition) is 1. The van der Waals surface area contributed by atoms with Crippen LogP contribution in [0.3, 0.4) is 0 Å². The Morgan fingerprint density at radius 3 is 2.27 bits per heavy atom. The molecule has 0 bridgehead atoms.